The molecular formula is C18H18F2O. The summed E-state index contributed by atoms with van der Waals surface area (Å²) in [4.78, 5) is 12.7. The molecule has 0 N–H and O–H groups in total. The van der Waals surface area contributed by atoms with E-state index in [0.29, 0.717) is 5.56 Å². The fraction of sp³-hybridized carbons (Fsp3) is 0.278. The molecule has 0 fully saturated rings. The Labute approximate surface area is 123 Å². The van der Waals surface area contributed by atoms with Gasteiger partial charge in [-0.3, -0.25) is 4.79 Å². The van der Waals surface area contributed by atoms with Gasteiger partial charge < -0.3 is 0 Å². The van der Waals surface area contributed by atoms with Gasteiger partial charge in [-0.15, -0.1) is 0 Å². The predicted octanol–water partition coefficient (Wildman–Crippen LogP) is 4.74. The van der Waals surface area contributed by atoms with Crippen LogP contribution in [0.1, 0.15) is 43.7 Å². The smallest absolute Gasteiger partial charge is 0.193 e. The molecule has 110 valence electrons. The molecule has 0 aliphatic carbocycles. The van der Waals surface area contributed by atoms with Crippen molar-refractivity contribution in [3.63, 3.8) is 0 Å². The van der Waals surface area contributed by atoms with Gasteiger partial charge in [0.25, 0.3) is 0 Å². The molecule has 0 aliphatic heterocycles. The van der Waals surface area contributed by atoms with Crippen molar-refractivity contribution in [3.8, 4) is 0 Å². The lowest BCUT2D eigenvalue weighted by molar-refractivity contribution is 0.103. The van der Waals surface area contributed by atoms with Crippen molar-refractivity contribution in [1.82, 2.24) is 0 Å². The van der Waals surface area contributed by atoms with Crippen LogP contribution in [-0.2, 0) is 0 Å². The maximum absolute atomic E-state index is 13.3. The normalized spacial score (nSPS) is 10.8. The lowest BCUT2D eigenvalue weighted by atomic mass is 9.86. The third-order valence-corrected chi connectivity index (χ3v) is 4.35. The quantitative estimate of drug-likeness (QED) is 0.730. The fourth-order valence-electron chi connectivity index (χ4n) is 2.67. The zero-order valence-electron chi connectivity index (χ0n) is 12.9. The highest BCUT2D eigenvalue weighted by Gasteiger charge is 2.20. The fourth-order valence-corrected chi connectivity index (χ4v) is 2.67. The molecule has 0 bridgehead atoms. The predicted molar refractivity (Wildman–Crippen MR) is 79.9 cm³/mol. The minimum Gasteiger partial charge on any atom is -0.289 e. The van der Waals surface area contributed by atoms with E-state index in [9.17, 15) is 13.6 Å². The van der Waals surface area contributed by atoms with Crippen molar-refractivity contribution in [2.24, 2.45) is 0 Å². The molecule has 0 saturated heterocycles. The molecule has 0 unspecified atom stereocenters. The van der Waals surface area contributed by atoms with Gasteiger partial charge in [-0.2, -0.15) is 0 Å². The maximum Gasteiger partial charge on any atom is 0.193 e. The van der Waals surface area contributed by atoms with Gasteiger partial charge in [-0.05, 0) is 74.6 Å². The summed E-state index contributed by atoms with van der Waals surface area (Å²) < 4.78 is 26.7. The Kier molecular flexibility index (Phi) is 3.95. The molecule has 0 atom stereocenters. The summed E-state index contributed by atoms with van der Waals surface area (Å²) in [6.07, 6.45) is 0. The Balaban J connectivity index is 2.69. The minimum absolute atomic E-state index is 0.0429. The SMILES string of the molecule is Cc1c(C)c(C)c(C(=O)c2cc(F)cc(F)c2)c(C)c1C. The highest BCUT2D eigenvalue weighted by molar-refractivity contribution is 6.11. The number of carbonyl (C=O) groups excluding carboxylic acids is 1. The first-order valence-corrected chi connectivity index (χ1v) is 6.81. The Morgan fingerprint density at radius 2 is 1.10 bits per heavy atom. The second-order valence-electron chi connectivity index (χ2n) is 5.49. The molecule has 0 saturated carbocycles. The molecule has 1 nitrogen and oxygen atoms in total. The highest BCUT2D eigenvalue weighted by Crippen LogP contribution is 2.28. The molecule has 21 heavy (non-hydrogen) atoms. The Hall–Kier alpha value is -2.03. The van der Waals surface area contributed by atoms with E-state index in [2.05, 4.69) is 0 Å². The van der Waals surface area contributed by atoms with Crippen molar-refractivity contribution < 1.29 is 13.6 Å². The minimum atomic E-state index is -0.741. The van der Waals surface area contributed by atoms with Gasteiger partial charge in [-0.1, -0.05) is 0 Å². The van der Waals surface area contributed by atoms with E-state index >= 15 is 0 Å². The van der Waals surface area contributed by atoms with E-state index in [1.54, 1.807) is 0 Å². The van der Waals surface area contributed by atoms with Gasteiger partial charge >= 0.3 is 0 Å². The number of hydrogen-bond donors (Lipinski definition) is 0. The van der Waals surface area contributed by atoms with Crippen LogP contribution in [0.5, 0.6) is 0 Å². The summed E-state index contributed by atoms with van der Waals surface area (Å²) in [6, 6.07) is 2.92. The van der Waals surface area contributed by atoms with Crippen molar-refractivity contribution in [3.05, 3.63) is 68.8 Å². The maximum atomic E-state index is 13.3. The molecule has 0 heterocycles. The van der Waals surface area contributed by atoms with E-state index in [1.165, 1.54) is 0 Å². The zero-order chi connectivity index (χ0) is 15.9. The third kappa shape index (κ3) is 2.60. The zero-order valence-corrected chi connectivity index (χ0v) is 12.9. The van der Waals surface area contributed by atoms with Crippen molar-refractivity contribution >= 4 is 5.78 Å². The average Bonchev–Trinajstić information content (AvgIpc) is 2.42. The topological polar surface area (TPSA) is 17.1 Å². The van der Waals surface area contributed by atoms with Crippen molar-refractivity contribution in [2.45, 2.75) is 34.6 Å². The van der Waals surface area contributed by atoms with E-state index in [1.807, 2.05) is 34.6 Å². The van der Waals surface area contributed by atoms with Gasteiger partial charge in [0.2, 0.25) is 0 Å². The van der Waals surface area contributed by atoms with E-state index in [4.69, 9.17) is 0 Å². The molecule has 2 rings (SSSR count). The Morgan fingerprint density at radius 1 is 0.714 bits per heavy atom. The lowest BCUT2D eigenvalue weighted by Crippen LogP contribution is -2.11. The van der Waals surface area contributed by atoms with Crippen LogP contribution in [0.4, 0.5) is 8.78 Å². The second kappa shape index (κ2) is 5.40. The highest BCUT2D eigenvalue weighted by atomic mass is 19.1. The first-order valence-electron chi connectivity index (χ1n) is 6.81. The number of halogens is 2. The summed E-state index contributed by atoms with van der Waals surface area (Å²) >= 11 is 0. The van der Waals surface area contributed by atoms with Crippen LogP contribution >= 0.6 is 0 Å². The Morgan fingerprint density at radius 3 is 1.52 bits per heavy atom. The molecule has 3 heteroatoms. The van der Waals surface area contributed by atoms with Gasteiger partial charge in [-0.25, -0.2) is 8.78 Å². The first kappa shape index (κ1) is 15.4. The molecule has 0 radical (unpaired) electrons. The molecule has 2 aromatic rings. The number of rotatable bonds is 2. The van der Waals surface area contributed by atoms with Crippen LogP contribution < -0.4 is 0 Å². The number of carbonyl (C=O) groups is 1. The van der Waals surface area contributed by atoms with Gasteiger partial charge in [0, 0.05) is 17.2 Å². The van der Waals surface area contributed by atoms with E-state index < -0.39 is 11.6 Å². The summed E-state index contributed by atoms with van der Waals surface area (Å²) in [6.45, 7) is 9.68. The van der Waals surface area contributed by atoms with Gasteiger partial charge in [0.1, 0.15) is 11.6 Å². The van der Waals surface area contributed by atoms with Crippen LogP contribution in [0.2, 0.25) is 0 Å². The molecule has 0 aromatic heterocycles. The first-order chi connectivity index (χ1) is 9.73. The molecule has 0 aliphatic rings. The monoisotopic (exact) mass is 288 g/mol. The summed E-state index contributed by atoms with van der Waals surface area (Å²) in [7, 11) is 0. The average molecular weight is 288 g/mol. The van der Waals surface area contributed by atoms with Gasteiger partial charge in [0.15, 0.2) is 5.78 Å². The van der Waals surface area contributed by atoms with Crippen LogP contribution in [0.3, 0.4) is 0 Å². The largest absolute Gasteiger partial charge is 0.289 e. The summed E-state index contributed by atoms with van der Waals surface area (Å²) in [5.41, 5.74) is 5.54. The number of benzene rings is 2. The van der Waals surface area contributed by atoms with Crippen LogP contribution in [0.15, 0.2) is 18.2 Å². The third-order valence-electron chi connectivity index (χ3n) is 4.35. The summed E-state index contributed by atoms with van der Waals surface area (Å²) in [5.74, 6) is -1.82. The van der Waals surface area contributed by atoms with Crippen LogP contribution in [0, 0.1) is 46.3 Å². The van der Waals surface area contributed by atoms with Crippen LogP contribution in [0.25, 0.3) is 0 Å². The lowest BCUT2D eigenvalue weighted by Gasteiger charge is -2.18. The van der Waals surface area contributed by atoms with Gasteiger partial charge in [0.05, 0.1) is 0 Å². The Bertz CT molecular complexity index is 696. The molecule has 2 aromatic carbocycles. The molecule has 0 spiro atoms. The van der Waals surface area contributed by atoms with Crippen LogP contribution in [-0.4, -0.2) is 5.78 Å². The number of hydrogen-bond acceptors (Lipinski definition) is 1. The number of ketones is 1. The second-order valence-corrected chi connectivity index (χ2v) is 5.49. The standard InChI is InChI=1S/C18H18F2O/c1-9-10(2)12(4)17(13(5)11(9)3)18(21)14-6-15(19)8-16(20)7-14/h6-8H,1-5H3. The summed E-state index contributed by atoms with van der Waals surface area (Å²) in [5, 5.41) is 0. The van der Waals surface area contributed by atoms with E-state index in [0.717, 1.165) is 46.0 Å². The van der Waals surface area contributed by atoms with Crippen molar-refractivity contribution in [2.75, 3.05) is 0 Å². The molecule has 0 amide bonds. The van der Waals surface area contributed by atoms with Crippen molar-refractivity contribution in [1.29, 1.82) is 0 Å². The van der Waals surface area contributed by atoms with E-state index in [-0.39, 0.29) is 11.3 Å². The molecular weight excluding hydrogens is 270 g/mol.